The molecule has 0 rings (SSSR count). The Kier molecular flexibility index (Phi) is 12.6. The van der Waals surface area contributed by atoms with Crippen LogP contribution in [-0.4, -0.2) is 52.5 Å². The van der Waals surface area contributed by atoms with E-state index in [9.17, 15) is 0 Å². The van der Waals surface area contributed by atoms with E-state index in [4.69, 9.17) is 9.47 Å². The van der Waals surface area contributed by atoms with Crippen LogP contribution in [0.25, 0.3) is 0 Å². The van der Waals surface area contributed by atoms with Crippen LogP contribution in [0.15, 0.2) is 4.99 Å². The van der Waals surface area contributed by atoms with E-state index in [-0.39, 0.29) is 0 Å². The monoisotopic (exact) mass is 245 g/mol. The molecule has 0 aliphatic rings. The first kappa shape index (κ1) is 16.2. The summed E-state index contributed by atoms with van der Waals surface area (Å²) in [5, 5.41) is 6.44. The average molecular weight is 245 g/mol. The zero-order chi connectivity index (χ0) is 12.8. The van der Waals surface area contributed by atoms with Crippen molar-refractivity contribution in [1.29, 1.82) is 0 Å². The second-order valence-electron chi connectivity index (χ2n) is 3.53. The number of rotatable bonds is 10. The third-order valence-electron chi connectivity index (χ3n) is 2.18. The molecule has 5 heteroatoms. The summed E-state index contributed by atoms with van der Waals surface area (Å²) in [6.07, 6.45) is 2.17. The van der Waals surface area contributed by atoms with Gasteiger partial charge in [0.2, 0.25) is 0 Å². The second kappa shape index (κ2) is 13.3. The van der Waals surface area contributed by atoms with Crippen molar-refractivity contribution in [3.05, 3.63) is 0 Å². The molecule has 0 aliphatic carbocycles. The summed E-state index contributed by atoms with van der Waals surface area (Å²) in [5.74, 6) is 0.834. The van der Waals surface area contributed by atoms with Crippen LogP contribution in [-0.2, 0) is 9.47 Å². The Balaban J connectivity index is 3.36. The average Bonchev–Trinajstić information content (AvgIpc) is 2.36. The molecule has 0 aliphatic heterocycles. The van der Waals surface area contributed by atoms with Gasteiger partial charge in [-0.15, -0.1) is 0 Å². The van der Waals surface area contributed by atoms with Gasteiger partial charge in [0.15, 0.2) is 5.96 Å². The maximum atomic E-state index is 5.27. The SMILES string of the molecule is CCOCCCCNC(=NC)NCCOCC. The molecule has 0 amide bonds. The van der Waals surface area contributed by atoms with Crippen molar-refractivity contribution in [2.75, 3.05) is 46.6 Å². The van der Waals surface area contributed by atoms with Gasteiger partial charge in [0.25, 0.3) is 0 Å². The third kappa shape index (κ3) is 11.5. The molecule has 2 N–H and O–H groups in total. The van der Waals surface area contributed by atoms with E-state index in [1.165, 1.54) is 0 Å². The van der Waals surface area contributed by atoms with Gasteiger partial charge in [-0.3, -0.25) is 4.99 Å². The standard InChI is InChI=1S/C12H27N3O2/c1-4-16-10-7-6-8-14-12(13-3)15-9-11-17-5-2/h4-11H2,1-3H3,(H2,13,14,15). The number of hydrogen-bond donors (Lipinski definition) is 2. The Morgan fingerprint density at radius 1 is 0.941 bits per heavy atom. The first-order valence-electron chi connectivity index (χ1n) is 6.45. The summed E-state index contributed by atoms with van der Waals surface area (Å²) < 4.78 is 10.5. The maximum Gasteiger partial charge on any atom is 0.191 e. The summed E-state index contributed by atoms with van der Waals surface area (Å²) >= 11 is 0. The smallest absolute Gasteiger partial charge is 0.191 e. The van der Waals surface area contributed by atoms with E-state index in [0.29, 0.717) is 6.61 Å². The van der Waals surface area contributed by atoms with Crippen LogP contribution in [0.5, 0.6) is 0 Å². The zero-order valence-electron chi connectivity index (χ0n) is 11.4. The van der Waals surface area contributed by atoms with Crippen molar-refractivity contribution in [3.63, 3.8) is 0 Å². The van der Waals surface area contributed by atoms with Gasteiger partial charge in [0.05, 0.1) is 6.61 Å². The Morgan fingerprint density at radius 3 is 2.24 bits per heavy atom. The van der Waals surface area contributed by atoms with Gasteiger partial charge < -0.3 is 20.1 Å². The predicted molar refractivity (Wildman–Crippen MR) is 71.6 cm³/mol. The molecule has 0 spiro atoms. The lowest BCUT2D eigenvalue weighted by molar-refractivity contribution is 0.143. The van der Waals surface area contributed by atoms with Gasteiger partial charge in [0.1, 0.15) is 0 Å². The second-order valence-corrected chi connectivity index (χ2v) is 3.53. The van der Waals surface area contributed by atoms with Crippen molar-refractivity contribution in [3.8, 4) is 0 Å². The van der Waals surface area contributed by atoms with Crippen LogP contribution in [0.1, 0.15) is 26.7 Å². The minimum absolute atomic E-state index is 0.710. The van der Waals surface area contributed by atoms with Gasteiger partial charge in [-0.25, -0.2) is 0 Å². The van der Waals surface area contributed by atoms with Crippen LogP contribution in [0, 0.1) is 0 Å². The molecule has 0 fully saturated rings. The van der Waals surface area contributed by atoms with Gasteiger partial charge >= 0.3 is 0 Å². The Bertz CT molecular complexity index is 187. The fourth-order valence-corrected chi connectivity index (χ4v) is 1.29. The van der Waals surface area contributed by atoms with Crippen molar-refractivity contribution in [1.82, 2.24) is 10.6 Å². The number of hydrogen-bond acceptors (Lipinski definition) is 3. The van der Waals surface area contributed by atoms with Gasteiger partial charge in [-0.2, -0.15) is 0 Å². The Hall–Kier alpha value is -0.810. The zero-order valence-corrected chi connectivity index (χ0v) is 11.4. The summed E-state index contributed by atoms with van der Waals surface area (Å²) in [6.45, 7) is 8.82. The van der Waals surface area contributed by atoms with E-state index < -0.39 is 0 Å². The summed E-state index contributed by atoms with van der Waals surface area (Å²) in [6, 6.07) is 0. The third-order valence-corrected chi connectivity index (χ3v) is 2.18. The number of nitrogens with zero attached hydrogens (tertiary/aromatic N) is 1. The first-order valence-corrected chi connectivity index (χ1v) is 6.45. The number of guanidine groups is 1. The highest BCUT2D eigenvalue weighted by molar-refractivity contribution is 5.79. The number of ether oxygens (including phenoxy) is 2. The van der Waals surface area contributed by atoms with Gasteiger partial charge in [-0.05, 0) is 26.7 Å². The highest BCUT2D eigenvalue weighted by Gasteiger charge is 1.96. The fourth-order valence-electron chi connectivity index (χ4n) is 1.29. The molecular weight excluding hydrogens is 218 g/mol. The van der Waals surface area contributed by atoms with Crippen LogP contribution in [0.2, 0.25) is 0 Å². The van der Waals surface area contributed by atoms with Crippen molar-refractivity contribution < 1.29 is 9.47 Å². The van der Waals surface area contributed by atoms with Crippen LogP contribution >= 0.6 is 0 Å². The molecule has 0 aromatic heterocycles. The minimum atomic E-state index is 0.710. The van der Waals surface area contributed by atoms with Crippen LogP contribution in [0.3, 0.4) is 0 Å². The molecular formula is C12H27N3O2. The fraction of sp³-hybridized carbons (Fsp3) is 0.917. The van der Waals surface area contributed by atoms with E-state index in [0.717, 1.165) is 51.7 Å². The first-order chi connectivity index (χ1) is 8.35. The van der Waals surface area contributed by atoms with Crippen molar-refractivity contribution in [2.24, 2.45) is 4.99 Å². The highest BCUT2D eigenvalue weighted by Crippen LogP contribution is 1.88. The lowest BCUT2D eigenvalue weighted by Crippen LogP contribution is -2.39. The molecule has 0 radical (unpaired) electrons. The van der Waals surface area contributed by atoms with E-state index in [2.05, 4.69) is 15.6 Å². The van der Waals surface area contributed by atoms with E-state index >= 15 is 0 Å². The number of nitrogens with one attached hydrogen (secondary N) is 2. The maximum absolute atomic E-state index is 5.27. The summed E-state index contributed by atoms with van der Waals surface area (Å²) in [5.41, 5.74) is 0. The number of unbranched alkanes of at least 4 members (excludes halogenated alkanes) is 1. The highest BCUT2D eigenvalue weighted by atomic mass is 16.5. The van der Waals surface area contributed by atoms with Crippen molar-refractivity contribution in [2.45, 2.75) is 26.7 Å². The van der Waals surface area contributed by atoms with Crippen LogP contribution in [0.4, 0.5) is 0 Å². The normalized spacial score (nSPS) is 11.6. The number of aliphatic imine (C=N–C) groups is 1. The molecule has 0 saturated heterocycles. The lowest BCUT2D eigenvalue weighted by Gasteiger charge is -2.11. The van der Waals surface area contributed by atoms with Gasteiger partial charge in [-0.1, -0.05) is 0 Å². The molecule has 0 atom stereocenters. The Morgan fingerprint density at radius 2 is 1.59 bits per heavy atom. The predicted octanol–water partition coefficient (Wildman–Crippen LogP) is 1.00. The summed E-state index contributed by atoms with van der Waals surface area (Å²) in [4.78, 5) is 4.13. The molecule has 0 aromatic rings. The van der Waals surface area contributed by atoms with E-state index in [1.54, 1.807) is 7.05 Å². The van der Waals surface area contributed by atoms with Crippen LogP contribution < -0.4 is 10.6 Å². The molecule has 0 saturated carbocycles. The van der Waals surface area contributed by atoms with Gasteiger partial charge in [0, 0.05) is 40.0 Å². The molecule has 0 unspecified atom stereocenters. The molecule has 102 valence electrons. The topological polar surface area (TPSA) is 54.9 Å². The molecule has 17 heavy (non-hydrogen) atoms. The minimum Gasteiger partial charge on any atom is -0.382 e. The van der Waals surface area contributed by atoms with E-state index in [1.807, 2.05) is 13.8 Å². The largest absolute Gasteiger partial charge is 0.382 e. The van der Waals surface area contributed by atoms with Crippen molar-refractivity contribution >= 4 is 5.96 Å². The molecule has 0 bridgehead atoms. The summed E-state index contributed by atoms with van der Waals surface area (Å²) in [7, 11) is 1.77. The molecule has 5 nitrogen and oxygen atoms in total. The lowest BCUT2D eigenvalue weighted by atomic mass is 10.3. The molecule has 0 aromatic carbocycles. The molecule has 0 heterocycles. The quantitative estimate of drug-likeness (QED) is 0.342. The Labute approximate surface area is 105 Å².